The van der Waals surface area contributed by atoms with Gasteiger partial charge in [-0.1, -0.05) is 30.8 Å². The van der Waals surface area contributed by atoms with Crippen LogP contribution in [-0.4, -0.2) is 34.5 Å². The largest absolute Gasteiger partial charge is 0.449 e. The van der Waals surface area contributed by atoms with Crippen molar-refractivity contribution < 1.29 is 14.3 Å². The number of rotatable bonds is 7. The van der Waals surface area contributed by atoms with Gasteiger partial charge in [-0.2, -0.15) is 0 Å². The van der Waals surface area contributed by atoms with Crippen LogP contribution in [0.5, 0.6) is 0 Å². The maximum absolute atomic E-state index is 12.7. The molecule has 29 heavy (non-hydrogen) atoms. The highest BCUT2D eigenvalue weighted by Gasteiger charge is 2.22. The second kappa shape index (κ2) is 9.37. The quantitative estimate of drug-likeness (QED) is 0.439. The molecule has 6 nitrogen and oxygen atoms in total. The molecule has 0 spiro atoms. The number of fused-ring (bicyclic) bond motifs is 1. The smallest absolute Gasteiger partial charge is 0.340 e. The summed E-state index contributed by atoms with van der Waals surface area (Å²) in [6.07, 6.45) is 1.50. The van der Waals surface area contributed by atoms with Crippen molar-refractivity contribution in [3.63, 3.8) is 0 Å². The summed E-state index contributed by atoms with van der Waals surface area (Å²) >= 11 is 3.03. The van der Waals surface area contributed by atoms with Crippen LogP contribution in [0.25, 0.3) is 10.2 Å². The Labute approximate surface area is 178 Å². The first kappa shape index (κ1) is 21.3. The molecule has 1 amide bonds. The van der Waals surface area contributed by atoms with Crippen molar-refractivity contribution in [1.29, 1.82) is 0 Å². The first-order valence-corrected chi connectivity index (χ1v) is 11.0. The molecule has 0 aliphatic carbocycles. The molecular formula is C21H23N3O3S2. The van der Waals surface area contributed by atoms with E-state index < -0.39 is 12.1 Å². The van der Waals surface area contributed by atoms with Crippen LogP contribution in [0.3, 0.4) is 0 Å². The van der Waals surface area contributed by atoms with Crippen LogP contribution in [-0.2, 0) is 9.53 Å². The van der Waals surface area contributed by atoms with Gasteiger partial charge in [-0.05, 0) is 44.9 Å². The van der Waals surface area contributed by atoms with Gasteiger partial charge in [-0.15, -0.1) is 11.3 Å². The summed E-state index contributed by atoms with van der Waals surface area (Å²) < 4.78 is 5.39. The van der Waals surface area contributed by atoms with Gasteiger partial charge < -0.3 is 10.1 Å². The van der Waals surface area contributed by atoms with Crippen LogP contribution in [0.2, 0.25) is 0 Å². The van der Waals surface area contributed by atoms with E-state index in [0.717, 1.165) is 32.1 Å². The van der Waals surface area contributed by atoms with Gasteiger partial charge in [-0.25, -0.2) is 14.8 Å². The molecule has 0 aliphatic heterocycles. The minimum Gasteiger partial charge on any atom is -0.449 e. The van der Waals surface area contributed by atoms with Crippen molar-refractivity contribution in [2.24, 2.45) is 0 Å². The van der Waals surface area contributed by atoms with Crippen LogP contribution in [0, 0.1) is 13.8 Å². The molecule has 1 atom stereocenters. The topological polar surface area (TPSA) is 81.2 Å². The molecule has 1 aromatic carbocycles. The molecule has 3 rings (SSSR count). The number of hydrogen-bond acceptors (Lipinski definition) is 7. The van der Waals surface area contributed by atoms with E-state index in [2.05, 4.69) is 29.1 Å². The lowest BCUT2D eigenvalue weighted by Gasteiger charge is -2.14. The minimum atomic E-state index is -0.861. The standard InChI is InChI=1S/C21H23N3O3S2/c1-5-10-22-18(25)13(3)27-21(26)15-8-6-7-9-16(15)29-20-17-12(2)14(4)28-19(17)23-11-24-20/h6-9,11,13H,5,10H2,1-4H3,(H,22,25). The third kappa shape index (κ3) is 4.76. The van der Waals surface area contributed by atoms with Gasteiger partial charge in [0.25, 0.3) is 5.91 Å². The molecule has 8 heteroatoms. The Morgan fingerprint density at radius 1 is 1.24 bits per heavy atom. The highest BCUT2D eigenvalue weighted by molar-refractivity contribution is 7.99. The number of hydrogen-bond donors (Lipinski definition) is 1. The molecule has 0 bridgehead atoms. The van der Waals surface area contributed by atoms with Crippen molar-refractivity contribution in [1.82, 2.24) is 15.3 Å². The Hall–Kier alpha value is -2.45. The number of carbonyl (C=O) groups is 2. The lowest BCUT2D eigenvalue weighted by Crippen LogP contribution is -2.36. The normalized spacial score (nSPS) is 12.0. The number of benzene rings is 1. The monoisotopic (exact) mass is 429 g/mol. The van der Waals surface area contributed by atoms with Crippen molar-refractivity contribution in [3.8, 4) is 0 Å². The molecule has 0 radical (unpaired) electrons. The van der Waals surface area contributed by atoms with E-state index in [1.807, 2.05) is 19.1 Å². The van der Waals surface area contributed by atoms with Crippen LogP contribution < -0.4 is 5.32 Å². The Morgan fingerprint density at radius 2 is 2.00 bits per heavy atom. The summed E-state index contributed by atoms with van der Waals surface area (Å²) in [7, 11) is 0. The summed E-state index contributed by atoms with van der Waals surface area (Å²) in [5.74, 6) is -0.831. The molecule has 0 fully saturated rings. The number of carbonyl (C=O) groups excluding carboxylic acids is 2. The van der Waals surface area contributed by atoms with Crippen LogP contribution in [0.4, 0.5) is 0 Å². The number of thiophene rings is 1. The molecular weight excluding hydrogens is 406 g/mol. The maximum Gasteiger partial charge on any atom is 0.340 e. The van der Waals surface area contributed by atoms with E-state index in [0.29, 0.717) is 12.1 Å². The van der Waals surface area contributed by atoms with Crippen molar-refractivity contribution in [3.05, 3.63) is 46.6 Å². The fraction of sp³-hybridized carbons (Fsp3) is 0.333. The molecule has 3 aromatic rings. The minimum absolute atomic E-state index is 0.299. The predicted octanol–water partition coefficient (Wildman–Crippen LogP) is 4.53. The maximum atomic E-state index is 12.7. The van der Waals surface area contributed by atoms with Crippen LogP contribution in [0.15, 0.2) is 40.5 Å². The predicted molar refractivity (Wildman–Crippen MR) is 116 cm³/mol. The van der Waals surface area contributed by atoms with Gasteiger partial charge in [0, 0.05) is 21.7 Å². The molecule has 2 aromatic heterocycles. The molecule has 2 heterocycles. The number of nitrogens with zero attached hydrogens (tertiary/aromatic N) is 2. The fourth-order valence-corrected chi connectivity index (χ4v) is 4.85. The molecule has 152 valence electrons. The Bertz CT molecular complexity index is 1050. The van der Waals surface area contributed by atoms with Crippen molar-refractivity contribution >= 4 is 45.2 Å². The van der Waals surface area contributed by atoms with Gasteiger partial charge in [-0.3, -0.25) is 4.79 Å². The average Bonchev–Trinajstić information content (AvgIpc) is 3.01. The highest BCUT2D eigenvalue weighted by Crippen LogP contribution is 2.38. The van der Waals surface area contributed by atoms with Crippen LogP contribution >= 0.6 is 23.1 Å². The zero-order valence-corrected chi connectivity index (χ0v) is 18.4. The van der Waals surface area contributed by atoms with E-state index in [9.17, 15) is 9.59 Å². The average molecular weight is 430 g/mol. The number of ether oxygens (including phenoxy) is 1. The lowest BCUT2D eigenvalue weighted by molar-refractivity contribution is -0.129. The van der Waals surface area contributed by atoms with Gasteiger partial charge in [0.2, 0.25) is 0 Å². The number of aromatic nitrogens is 2. The first-order chi connectivity index (χ1) is 13.9. The van der Waals surface area contributed by atoms with Crippen LogP contribution in [0.1, 0.15) is 41.1 Å². The second-order valence-corrected chi connectivity index (χ2v) is 8.81. The first-order valence-electron chi connectivity index (χ1n) is 9.38. The van der Waals surface area contributed by atoms with E-state index in [1.54, 1.807) is 36.7 Å². The fourth-order valence-electron chi connectivity index (χ4n) is 2.73. The third-order valence-corrected chi connectivity index (χ3v) is 6.64. The number of amides is 1. The van der Waals surface area contributed by atoms with Crippen molar-refractivity contribution in [2.75, 3.05) is 6.54 Å². The number of esters is 1. The Morgan fingerprint density at radius 3 is 2.76 bits per heavy atom. The van der Waals surface area contributed by atoms with Crippen molar-refractivity contribution in [2.45, 2.75) is 50.1 Å². The van der Waals surface area contributed by atoms with E-state index >= 15 is 0 Å². The van der Waals surface area contributed by atoms with E-state index in [-0.39, 0.29) is 5.91 Å². The summed E-state index contributed by atoms with van der Waals surface area (Å²) in [4.78, 5) is 36.4. The zero-order chi connectivity index (χ0) is 21.0. The second-order valence-electron chi connectivity index (χ2n) is 6.58. The molecule has 0 aliphatic rings. The van der Waals surface area contributed by atoms with Gasteiger partial charge in [0.1, 0.15) is 16.2 Å². The molecule has 1 unspecified atom stereocenters. The lowest BCUT2D eigenvalue weighted by atomic mass is 10.2. The SMILES string of the molecule is CCCNC(=O)C(C)OC(=O)c1ccccc1Sc1ncnc2sc(C)c(C)c12. The third-order valence-electron chi connectivity index (χ3n) is 4.45. The van der Waals surface area contributed by atoms with E-state index in [4.69, 9.17) is 4.74 Å². The summed E-state index contributed by atoms with van der Waals surface area (Å²) in [5, 5.41) is 4.54. The van der Waals surface area contributed by atoms with Gasteiger partial charge in [0.15, 0.2) is 6.10 Å². The number of nitrogens with one attached hydrogen (secondary N) is 1. The van der Waals surface area contributed by atoms with Gasteiger partial charge >= 0.3 is 5.97 Å². The highest BCUT2D eigenvalue weighted by atomic mass is 32.2. The summed E-state index contributed by atoms with van der Waals surface area (Å²) in [5.41, 5.74) is 1.55. The number of aryl methyl sites for hydroxylation is 2. The molecule has 0 saturated carbocycles. The summed E-state index contributed by atoms with van der Waals surface area (Å²) in [6, 6.07) is 7.19. The zero-order valence-electron chi connectivity index (χ0n) is 16.8. The molecule has 0 saturated heterocycles. The Kier molecular flexibility index (Phi) is 6.87. The summed E-state index contributed by atoms with van der Waals surface area (Å²) in [6.45, 7) is 8.20. The van der Waals surface area contributed by atoms with Gasteiger partial charge in [0.05, 0.1) is 5.56 Å². The Balaban J connectivity index is 1.85. The van der Waals surface area contributed by atoms with E-state index in [1.165, 1.54) is 16.6 Å². The molecule has 1 N–H and O–H groups in total.